The molecule has 0 saturated carbocycles. The molecule has 14 heavy (non-hydrogen) atoms. The Kier molecular flexibility index (Phi) is 8.14. The number of hydrogen-bond donors (Lipinski definition) is 2. The summed E-state index contributed by atoms with van der Waals surface area (Å²) in [4.78, 5) is 2.39. The number of aliphatic hydroxyl groups excluding tert-OH is 1. The van der Waals surface area contributed by atoms with E-state index in [1.165, 1.54) is 12.8 Å². The van der Waals surface area contributed by atoms with Crippen LogP contribution in [0.5, 0.6) is 0 Å². The van der Waals surface area contributed by atoms with Crippen molar-refractivity contribution in [2.24, 2.45) is 0 Å². The fourth-order valence-corrected chi connectivity index (χ4v) is 1.78. The van der Waals surface area contributed by atoms with Crippen LogP contribution in [-0.4, -0.2) is 49.3 Å². The summed E-state index contributed by atoms with van der Waals surface area (Å²) in [5.74, 6) is 0. The lowest BCUT2D eigenvalue weighted by Crippen LogP contribution is -2.37. The molecule has 1 unspecified atom stereocenters. The van der Waals surface area contributed by atoms with Crippen molar-refractivity contribution < 1.29 is 5.11 Å². The predicted molar refractivity (Wildman–Crippen MR) is 61.6 cm³/mol. The van der Waals surface area contributed by atoms with Crippen molar-refractivity contribution in [3.05, 3.63) is 0 Å². The van der Waals surface area contributed by atoms with Crippen LogP contribution in [0.15, 0.2) is 0 Å². The van der Waals surface area contributed by atoms with Crippen LogP contribution < -0.4 is 5.32 Å². The monoisotopic (exact) mass is 202 g/mol. The van der Waals surface area contributed by atoms with Crippen LogP contribution >= 0.6 is 0 Å². The summed E-state index contributed by atoms with van der Waals surface area (Å²) in [7, 11) is 4.07. The summed E-state index contributed by atoms with van der Waals surface area (Å²) in [6.45, 7) is 5.74. The van der Waals surface area contributed by atoms with Gasteiger partial charge in [0, 0.05) is 12.1 Å². The molecule has 0 aliphatic rings. The number of aliphatic hydroxyl groups is 1. The third kappa shape index (κ3) is 4.94. The van der Waals surface area contributed by atoms with Crippen LogP contribution in [0.3, 0.4) is 0 Å². The summed E-state index contributed by atoms with van der Waals surface area (Å²) in [6.07, 6.45) is 3.42. The number of nitrogens with zero attached hydrogens (tertiary/aromatic N) is 1. The van der Waals surface area contributed by atoms with Crippen molar-refractivity contribution in [1.29, 1.82) is 0 Å². The van der Waals surface area contributed by atoms with E-state index in [1.54, 1.807) is 0 Å². The average Bonchev–Trinajstić information content (AvgIpc) is 2.21. The molecule has 0 spiro atoms. The van der Waals surface area contributed by atoms with Gasteiger partial charge in [0.05, 0.1) is 6.61 Å². The van der Waals surface area contributed by atoms with Crippen LogP contribution in [0, 0.1) is 0 Å². The first-order valence-corrected chi connectivity index (χ1v) is 5.67. The topological polar surface area (TPSA) is 35.5 Å². The molecule has 0 aromatic heterocycles. The molecule has 0 bridgehead atoms. The number of nitrogens with one attached hydrogen (secondary N) is 1. The van der Waals surface area contributed by atoms with Crippen molar-refractivity contribution >= 4 is 0 Å². The molecule has 2 N–H and O–H groups in total. The first-order chi connectivity index (χ1) is 6.69. The van der Waals surface area contributed by atoms with E-state index in [9.17, 15) is 0 Å². The molecule has 0 amide bonds. The number of likely N-dealkylation sites (N-methyl/N-ethyl adjacent to an activating group) is 1. The molecule has 86 valence electrons. The van der Waals surface area contributed by atoms with Crippen molar-refractivity contribution in [2.45, 2.75) is 45.2 Å². The van der Waals surface area contributed by atoms with Gasteiger partial charge >= 0.3 is 0 Å². The Balaban J connectivity index is 3.75. The summed E-state index contributed by atoms with van der Waals surface area (Å²) >= 11 is 0. The molecule has 1 atom stereocenters. The predicted octanol–water partition coefficient (Wildman–Crippen LogP) is 1.08. The van der Waals surface area contributed by atoms with E-state index in [0.29, 0.717) is 6.04 Å². The average molecular weight is 202 g/mol. The molecular weight excluding hydrogens is 176 g/mol. The zero-order valence-corrected chi connectivity index (χ0v) is 10.1. The lowest BCUT2D eigenvalue weighted by molar-refractivity contribution is 0.192. The molecule has 0 aliphatic heterocycles. The van der Waals surface area contributed by atoms with Crippen LogP contribution in [0.4, 0.5) is 0 Å². The van der Waals surface area contributed by atoms with Crippen LogP contribution in [-0.2, 0) is 0 Å². The minimum atomic E-state index is 0.229. The van der Waals surface area contributed by atoms with E-state index in [0.717, 1.165) is 13.0 Å². The highest BCUT2D eigenvalue weighted by Gasteiger charge is 2.12. The first-order valence-electron chi connectivity index (χ1n) is 5.67. The summed E-state index contributed by atoms with van der Waals surface area (Å²) in [5.41, 5.74) is 0. The molecule has 0 aromatic carbocycles. The van der Waals surface area contributed by atoms with Gasteiger partial charge in [-0.15, -0.1) is 0 Å². The maximum atomic E-state index is 9.01. The molecule has 0 rings (SSSR count). The quantitative estimate of drug-likeness (QED) is 0.618. The second kappa shape index (κ2) is 8.21. The molecule has 0 saturated heterocycles. The van der Waals surface area contributed by atoms with Crippen LogP contribution in [0.2, 0.25) is 0 Å². The largest absolute Gasteiger partial charge is 0.395 e. The maximum absolute atomic E-state index is 9.01. The highest BCUT2D eigenvalue weighted by molar-refractivity contribution is 4.69. The Morgan fingerprint density at radius 3 is 2.21 bits per heavy atom. The fourth-order valence-electron chi connectivity index (χ4n) is 1.78. The van der Waals surface area contributed by atoms with Gasteiger partial charge in [-0.1, -0.05) is 13.8 Å². The third-order valence-electron chi connectivity index (χ3n) is 3.02. The molecule has 3 heteroatoms. The van der Waals surface area contributed by atoms with E-state index < -0.39 is 0 Å². The van der Waals surface area contributed by atoms with Crippen molar-refractivity contribution in [3.8, 4) is 0 Å². The fraction of sp³-hybridized carbons (Fsp3) is 1.00. The smallest absolute Gasteiger partial charge is 0.0585 e. The lowest BCUT2D eigenvalue weighted by Gasteiger charge is -2.27. The Labute approximate surface area is 88.5 Å². The molecule has 3 nitrogen and oxygen atoms in total. The van der Waals surface area contributed by atoms with Crippen molar-refractivity contribution in [3.63, 3.8) is 0 Å². The Morgan fingerprint density at radius 1 is 1.29 bits per heavy atom. The summed E-state index contributed by atoms with van der Waals surface area (Å²) in [6, 6.07) is 0.929. The standard InChI is InChI=1S/C11H26N2O/c1-5-11(6-2)13(4)8-7-10(9-14)12-3/h10-12,14H,5-9H2,1-4H3. The van der Waals surface area contributed by atoms with Gasteiger partial charge in [0.25, 0.3) is 0 Å². The van der Waals surface area contributed by atoms with Gasteiger partial charge in [0.2, 0.25) is 0 Å². The van der Waals surface area contributed by atoms with Gasteiger partial charge in [0.15, 0.2) is 0 Å². The van der Waals surface area contributed by atoms with E-state index >= 15 is 0 Å². The third-order valence-corrected chi connectivity index (χ3v) is 3.02. The zero-order valence-electron chi connectivity index (χ0n) is 10.1. The minimum Gasteiger partial charge on any atom is -0.395 e. The van der Waals surface area contributed by atoms with Crippen molar-refractivity contribution in [2.75, 3.05) is 27.2 Å². The molecule has 0 aromatic rings. The van der Waals surface area contributed by atoms with Crippen LogP contribution in [0.1, 0.15) is 33.1 Å². The second-order valence-corrected chi connectivity index (χ2v) is 3.91. The van der Waals surface area contributed by atoms with Gasteiger partial charge in [-0.2, -0.15) is 0 Å². The maximum Gasteiger partial charge on any atom is 0.0585 e. The number of rotatable bonds is 8. The van der Waals surface area contributed by atoms with Gasteiger partial charge in [-0.3, -0.25) is 0 Å². The van der Waals surface area contributed by atoms with Gasteiger partial charge in [-0.25, -0.2) is 0 Å². The summed E-state index contributed by atoms with van der Waals surface area (Å²) < 4.78 is 0. The molecule has 0 heterocycles. The first kappa shape index (κ1) is 13.9. The molecule has 0 radical (unpaired) electrons. The SMILES string of the molecule is CCC(CC)N(C)CCC(CO)NC. The Hall–Kier alpha value is -0.120. The highest BCUT2D eigenvalue weighted by atomic mass is 16.3. The zero-order chi connectivity index (χ0) is 11.0. The Morgan fingerprint density at radius 2 is 1.86 bits per heavy atom. The Bertz CT molecular complexity index is 122. The molecule has 0 fully saturated rings. The summed E-state index contributed by atoms with van der Waals surface area (Å²) in [5, 5.41) is 12.1. The van der Waals surface area contributed by atoms with E-state index in [-0.39, 0.29) is 12.6 Å². The van der Waals surface area contributed by atoms with E-state index in [2.05, 4.69) is 31.1 Å². The normalized spacial score (nSPS) is 13.9. The lowest BCUT2D eigenvalue weighted by atomic mass is 10.1. The van der Waals surface area contributed by atoms with Gasteiger partial charge < -0.3 is 15.3 Å². The number of hydrogen-bond acceptors (Lipinski definition) is 3. The highest BCUT2D eigenvalue weighted by Crippen LogP contribution is 2.07. The molecular formula is C11H26N2O. The second-order valence-electron chi connectivity index (χ2n) is 3.91. The minimum absolute atomic E-state index is 0.229. The molecule has 0 aliphatic carbocycles. The van der Waals surface area contributed by atoms with Crippen LogP contribution in [0.25, 0.3) is 0 Å². The van der Waals surface area contributed by atoms with Gasteiger partial charge in [-0.05, 0) is 39.9 Å². The van der Waals surface area contributed by atoms with E-state index in [1.807, 2.05) is 7.05 Å². The van der Waals surface area contributed by atoms with Gasteiger partial charge in [0.1, 0.15) is 0 Å². The van der Waals surface area contributed by atoms with Crippen molar-refractivity contribution in [1.82, 2.24) is 10.2 Å². The van der Waals surface area contributed by atoms with E-state index in [4.69, 9.17) is 5.11 Å².